The molecule has 0 N–H and O–H groups in total. The summed E-state index contributed by atoms with van der Waals surface area (Å²) in [5.41, 5.74) is 2.36. The van der Waals surface area contributed by atoms with E-state index in [4.69, 9.17) is 9.47 Å². The maximum Gasteiger partial charge on any atom is 0.340 e. The number of rotatable bonds is 6. The molecular formula is C20H18N2O5. The van der Waals surface area contributed by atoms with Crippen molar-refractivity contribution in [2.24, 2.45) is 0 Å². The number of carbonyl (C=O) groups excluding carboxylic acids is 1. The minimum Gasteiger partial charge on any atom is -0.487 e. The molecule has 0 amide bonds. The Morgan fingerprint density at radius 1 is 1.15 bits per heavy atom. The van der Waals surface area contributed by atoms with Crippen LogP contribution in [-0.2, 0) is 11.3 Å². The smallest absolute Gasteiger partial charge is 0.340 e. The Morgan fingerprint density at radius 2 is 1.85 bits per heavy atom. The fraction of sp³-hybridized carbons (Fsp3) is 0.200. The SMILES string of the molecule is CCOC(=O)c1c(COc2ccc([N+](=O)[O-])cc2)nc2ccccc2c1C. The van der Waals surface area contributed by atoms with Crippen LogP contribution < -0.4 is 4.74 Å². The lowest BCUT2D eigenvalue weighted by Gasteiger charge is -2.14. The van der Waals surface area contributed by atoms with Crippen LogP contribution in [0.3, 0.4) is 0 Å². The molecule has 7 nitrogen and oxygen atoms in total. The number of ether oxygens (including phenoxy) is 2. The number of hydrogen-bond acceptors (Lipinski definition) is 6. The van der Waals surface area contributed by atoms with Gasteiger partial charge in [0, 0.05) is 17.5 Å². The van der Waals surface area contributed by atoms with Crippen LogP contribution in [0.5, 0.6) is 5.75 Å². The summed E-state index contributed by atoms with van der Waals surface area (Å²) < 4.78 is 10.9. The van der Waals surface area contributed by atoms with Crippen molar-refractivity contribution in [1.82, 2.24) is 4.98 Å². The molecule has 27 heavy (non-hydrogen) atoms. The maximum atomic E-state index is 12.5. The van der Waals surface area contributed by atoms with Crippen LogP contribution in [0.4, 0.5) is 5.69 Å². The zero-order chi connectivity index (χ0) is 19.4. The van der Waals surface area contributed by atoms with E-state index in [-0.39, 0.29) is 18.9 Å². The molecule has 1 aromatic heterocycles. The minimum atomic E-state index is -0.475. The van der Waals surface area contributed by atoms with Crippen LogP contribution in [0.1, 0.15) is 28.5 Å². The molecular weight excluding hydrogens is 348 g/mol. The number of aromatic nitrogens is 1. The predicted molar refractivity (Wildman–Crippen MR) is 99.9 cm³/mol. The summed E-state index contributed by atoms with van der Waals surface area (Å²) in [6.45, 7) is 3.89. The third-order valence-electron chi connectivity index (χ3n) is 4.13. The lowest BCUT2D eigenvalue weighted by atomic mass is 10.0. The molecule has 0 saturated carbocycles. The van der Waals surface area contributed by atoms with E-state index in [1.165, 1.54) is 24.3 Å². The summed E-state index contributed by atoms with van der Waals surface area (Å²) in [5, 5.41) is 11.6. The van der Waals surface area contributed by atoms with Gasteiger partial charge in [-0.25, -0.2) is 9.78 Å². The third-order valence-corrected chi connectivity index (χ3v) is 4.13. The van der Waals surface area contributed by atoms with E-state index >= 15 is 0 Å². The van der Waals surface area contributed by atoms with Crippen LogP contribution in [0.2, 0.25) is 0 Å². The first kappa shape index (κ1) is 18.3. The number of carbonyl (C=O) groups is 1. The topological polar surface area (TPSA) is 91.6 Å². The van der Waals surface area contributed by atoms with Gasteiger partial charge < -0.3 is 9.47 Å². The molecule has 7 heteroatoms. The largest absolute Gasteiger partial charge is 0.487 e. The third kappa shape index (κ3) is 3.87. The monoisotopic (exact) mass is 366 g/mol. The minimum absolute atomic E-state index is 0.0192. The number of nitro benzene ring substituents is 1. The summed E-state index contributed by atoms with van der Waals surface area (Å²) in [6.07, 6.45) is 0. The highest BCUT2D eigenvalue weighted by Crippen LogP contribution is 2.25. The van der Waals surface area contributed by atoms with Crippen molar-refractivity contribution in [2.75, 3.05) is 6.61 Å². The molecule has 0 spiro atoms. The maximum absolute atomic E-state index is 12.5. The first-order valence-corrected chi connectivity index (χ1v) is 8.44. The van der Waals surface area contributed by atoms with Crippen LogP contribution in [0.25, 0.3) is 10.9 Å². The molecule has 0 atom stereocenters. The molecule has 3 aromatic rings. The van der Waals surface area contributed by atoms with Crippen molar-refractivity contribution >= 4 is 22.6 Å². The molecule has 0 unspecified atom stereocenters. The Labute approximate surface area is 155 Å². The number of hydrogen-bond donors (Lipinski definition) is 0. The number of aryl methyl sites for hydroxylation is 1. The second-order valence-corrected chi connectivity index (χ2v) is 5.84. The fourth-order valence-corrected chi connectivity index (χ4v) is 2.84. The Bertz CT molecular complexity index is 999. The van der Waals surface area contributed by atoms with Gasteiger partial charge >= 0.3 is 5.97 Å². The molecule has 0 aliphatic carbocycles. The van der Waals surface area contributed by atoms with Gasteiger partial charge in [0.15, 0.2) is 0 Å². The van der Waals surface area contributed by atoms with E-state index in [9.17, 15) is 14.9 Å². The van der Waals surface area contributed by atoms with E-state index in [0.717, 1.165) is 16.5 Å². The molecule has 0 aliphatic rings. The fourth-order valence-electron chi connectivity index (χ4n) is 2.84. The van der Waals surface area contributed by atoms with Gasteiger partial charge in [0.05, 0.1) is 28.3 Å². The van der Waals surface area contributed by atoms with E-state index in [1.807, 2.05) is 31.2 Å². The quantitative estimate of drug-likeness (QED) is 0.369. The molecule has 138 valence electrons. The summed E-state index contributed by atoms with van der Waals surface area (Å²) in [7, 11) is 0. The van der Waals surface area contributed by atoms with Gasteiger partial charge in [-0.1, -0.05) is 18.2 Å². The molecule has 0 radical (unpaired) electrons. The van der Waals surface area contributed by atoms with Crippen molar-refractivity contribution in [3.05, 3.63) is 75.5 Å². The molecule has 2 aromatic carbocycles. The number of pyridine rings is 1. The number of nitro groups is 1. The van der Waals surface area contributed by atoms with E-state index in [2.05, 4.69) is 4.98 Å². The highest BCUT2D eigenvalue weighted by molar-refractivity contribution is 5.98. The number of benzene rings is 2. The zero-order valence-electron chi connectivity index (χ0n) is 15.0. The Balaban J connectivity index is 1.95. The van der Waals surface area contributed by atoms with Gasteiger partial charge in [-0.05, 0) is 37.6 Å². The Morgan fingerprint density at radius 3 is 2.52 bits per heavy atom. The van der Waals surface area contributed by atoms with Gasteiger partial charge in [-0.2, -0.15) is 0 Å². The van der Waals surface area contributed by atoms with E-state index in [0.29, 0.717) is 17.0 Å². The van der Waals surface area contributed by atoms with Crippen molar-refractivity contribution in [3.8, 4) is 5.75 Å². The summed E-state index contributed by atoms with van der Waals surface area (Å²) in [6, 6.07) is 13.3. The highest BCUT2D eigenvalue weighted by atomic mass is 16.6. The lowest BCUT2D eigenvalue weighted by Crippen LogP contribution is -2.14. The lowest BCUT2D eigenvalue weighted by molar-refractivity contribution is -0.384. The van der Waals surface area contributed by atoms with Crippen molar-refractivity contribution < 1.29 is 19.2 Å². The van der Waals surface area contributed by atoms with E-state index in [1.54, 1.807) is 6.92 Å². The van der Waals surface area contributed by atoms with Crippen molar-refractivity contribution in [1.29, 1.82) is 0 Å². The number of esters is 1. The summed E-state index contributed by atoms with van der Waals surface area (Å²) in [5.74, 6) is -0.00132. The molecule has 0 saturated heterocycles. The Hall–Kier alpha value is -3.48. The van der Waals surface area contributed by atoms with Crippen molar-refractivity contribution in [3.63, 3.8) is 0 Å². The van der Waals surface area contributed by atoms with Gasteiger partial charge in [-0.15, -0.1) is 0 Å². The van der Waals surface area contributed by atoms with Gasteiger partial charge in [0.2, 0.25) is 0 Å². The second kappa shape index (κ2) is 7.82. The Kier molecular flexibility index (Phi) is 5.30. The summed E-state index contributed by atoms with van der Waals surface area (Å²) >= 11 is 0. The first-order chi connectivity index (χ1) is 13.0. The molecule has 0 aliphatic heterocycles. The second-order valence-electron chi connectivity index (χ2n) is 5.84. The molecule has 0 bridgehead atoms. The summed E-state index contributed by atoms with van der Waals surface area (Å²) in [4.78, 5) is 27.3. The van der Waals surface area contributed by atoms with Crippen LogP contribution in [0, 0.1) is 17.0 Å². The number of nitrogens with zero attached hydrogens (tertiary/aromatic N) is 2. The van der Waals surface area contributed by atoms with Crippen molar-refractivity contribution in [2.45, 2.75) is 20.5 Å². The van der Waals surface area contributed by atoms with Gasteiger partial charge in [0.25, 0.3) is 5.69 Å². The highest BCUT2D eigenvalue weighted by Gasteiger charge is 2.20. The number of fused-ring (bicyclic) bond motifs is 1. The molecule has 1 heterocycles. The normalized spacial score (nSPS) is 10.6. The van der Waals surface area contributed by atoms with Gasteiger partial charge in [0.1, 0.15) is 12.4 Å². The molecule has 0 fully saturated rings. The van der Waals surface area contributed by atoms with Crippen LogP contribution in [-0.4, -0.2) is 22.5 Å². The molecule has 3 rings (SSSR count). The average Bonchev–Trinajstić information content (AvgIpc) is 2.67. The van der Waals surface area contributed by atoms with E-state index < -0.39 is 10.9 Å². The number of non-ortho nitro benzene ring substituents is 1. The predicted octanol–water partition coefficient (Wildman–Crippen LogP) is 4.21. The number of para-hydroxylation sites is 1. The zero-order valence-corrected chi connectivity index (χ0v) is 15.0. The average molecular weight is 366 g/mol. The first-order valence-electron chi connectivity index (χ1n) is 8.44. The standard InChI is InChI=1S/C20H18N2O5/c1-3-26-20(23)19-13(2)16-6-4-5-7-17(16)21-18(19)12-27-15-10-8-14(9-11-15)22(24)25/h4-11H,3,12H2,1-2H3. The van der Waals surface area contributed by atoms with Crippen LogP contribution >= 0.6 is 0 Å². The van der Waals surface area contributed by atoms with Crippen LogP contribution in [0.15, 0.2) is 48.5 Å². The van der Waals surface area contributed by atoms with Gasteiger partial charge in [-0.3, -0.25) is 10.1 Å².